The second-order valence-electron chi connectivity index (χ2n) is 6.07. The standard InChI is InChI=1S/C13H21ClN6O2/c1-13(2,3)22-12(21)20-6-4-5-19(7-8-20)11-17-9(14)16-10(15)18-11/h4-8H2,1-3H3,(H2,15,16,17,18). The first-order chi connectivity index (χ1) is 10.2. The number of hydrogen-bond donors (Lipinski definition) is 1. The fourth-order valence-electron chi connectivity index (χ4n) is 2.12. The molecule has 0 bridgehead atoms. The third-order valence-corrected chi connectivity index (χ3v) is 3.21. The first kappa shape index (κ1) is 16.5. The molecule has 9 heteroatoms. The van der Waals surface area contributed by atoms with Crippen molar-refractivity contribution in [1.29, 1.82) is 0 Å². The average molecular weight is 329 g/mol. The molecule has 1 amide bonds. The quantitative estimate of drug-likeness (QED) is 0.835. The lowest BCUT2D eigenvalue weighted by Gasteiger charge is -2.26. The lowest BCUT2D eigenvalue weighted by molar-refractivity contribution is 0.0263. The Morgan fingerprint density at radius 3 is 2.55 bits per heavy atom. The molecular formula is C13H21ClN6O2. The van der Waals surface area contributed by atoms with Crippen molar-refractivity contribution in [2.45, 2.75) is 32.8 Å². The number of halogens is 1. The van der Waals surface area contributed by atoms with Crippen molar-refractivity contribution < 1.29 is 9.53 Å². The van der Waals surface area contributed by atoms with Crippen LogP contribution in [0.25, 0.3) is 0 Å². The Hall–Kier alpha value is -1.83. The Morgan fingerprint density at radius 1 is 1.18 bits per heavy atom. The van der Waals surface area contributed by atoms with Gasteiger partial charge in [0.25, 0.3) is 0 Å². The van der Waals surface area contributed by atoms with E-state index in [1.807, 2.05) is 25.7 Å². The molecule has 122 valence electrons. The van der Waals surface area contributed by atoms with E-state index in [1.165, 1.54) is 0 Å². The topological polar surface area (TPSA) is 97.5 Å². The van der Waals surface area contributed by atoms with E-state index in [0.29, 0.717) is 32.1 Å². The number of nitrogens with two attached hydrogens (primary N) is 1. The van der Waals surface area contributed by atoms with E-state index in [9.17, 15) is 4.79 Å². The van der Waals surface area contributed by atoms with Crippen molar-refractivity contribution in [3.05, 3.63) is 5.28 Å². The summed E-state index contributed by atoms with van der Waals surface area (Å²) < 4.78 is 5.40. The maximum absolute atomic E-state index is 12.1. The Labute approximate surface area is 134 Å². The summed E-state index contributed by atoms with van der Waals surface area (Å²) in [6.45, 7) is 8.00. The van der Waals surface area contributed by atoms with Gasteiger partial charge < -0.3 is 20.3 Å². The van der Waals surface area contributed by atoms with Gasteiger partial charge in [0.05, 0.1) is 0 Å². The highest BCUT2D eigenvalue weighted by atomic mass is 35.5. The molecular weight excluding hydrogens is 308 g/mol. The number of nitrogens with zero attached hydrogens (tertiary/aromatic N) is 5. The van der Waals surface area contributed by atoms with Crippen LogP contribution in [0.4, 0.5) is 16.7 Å². The summed E-state index contributed by atoms with van der Waals surface area (Å²) in [6.07, 6.45) is 0.477. The van der Waals surface area contributed by atoms with Gasteiger partial charge in [-0.15, -0.1) is 0 Å². The van der Waals surface area contributed by atoms with Gasteiger partial charge in [-0.3, -0.25) is 0 Å². The molecule has 2 heterocycles. The fourth-order valence-corrected chi connectivity index (χ4v) is 2.28. The van der Waals surface area contributed by atoms with Crippen LogP contribution in [0.3, 0.4) is 0 Å². The second kappa shape index (κ2) is 6.51. The number of ether oxygens (including phenoxy) is 1. The minimum atomic E-state index is -0.501. The number of carbonyl (C=O) groups excluding carboxylic acids is 1. The van der Waals surface area contributed by atoms with Crippen LogP contribution in [0.15, 0.2) is 0 Å². The summed E-state index contributed by atoms with van der Waals surface area (Å²) in [5.74, 6) is 0.520. The van der Waals surface area contributed by atoms with Crippen LogP contribution in [-0.4, -0.2) is 57.7 Å². The minimum absolute atomic E-state index is 0.0655. The Kier molecular flexibility index (Phi) is 4.90. The Morgan fingerprint density at radius 2 is 1.91 bits per heavy atom. The van der Waals surface area contributed by atoms with Crippen molar-refractivity contribution in [3.63, 3.8) is 0 Å². The first-order valence-electron chi connectivity index (χ1n) is 7.14. The number of nitrogen functional groups attached to an aromatic ring is 1. The molecule has 0 unspecified atom stereocenters. The average Bonchev–Trinajstić information content (AvgIpc) is 2.61. The predicted octanol–water partition coefficient (Wildman–Crippen LogP) is 1.55. The van der Waals surface area contributed by atoms with E-state index in [1.54, 1.807) is 4.90 Å². The van der Waals surface area contributed by atoms with Gasteiger partial charge in [-0.05, 0) is 38.8 Å². The van der Waals surface area contributed by atoms with Gasteiger partial charge in [-0.25, -0.2) is 4.79 Å². The number of carbonyl (C=O) groups is 1. The maximum Gasteiger partial charge on any atom is 0.410 e. The number of rotatable bonds is 1. The molecule has 0 atom stereocenters. The molecule has 1 aromatic heterocycles. The molecule has 2 rings (SSSR count). The highest BCUT2D eigenvalue weighted by molar-refractivity contribution is 6.28. The van der Waals surface area contributed by atoms with E-state index in [0.717, 1.165) is 6.42 Å². The van der Waals surface area contributed by atoms with Crippen LogP contribution >= 0.6 is 11.6 Å². The number of anilines is 2. The highest BCUT2D eigenvalue weighted by Gasteiger charge is 2.25. The highest BCUT2D eigenvalue weighted by Crippen LogP contribution is 2.16. The van der Waals surface area contributed by atoms with Gasteiger partial charge >= 0.3 is 6.09 Å². The number of aromatic nitrogens is 3. The van der Waals surface area contributed by atoms with Crippen molar-refractivity contribution in [2.75, 3.05) is 36.8 Å². The lowest BCUT2D eigenvalue weighted by Crippen LogP contribution is -2.39. The molecule has 0 saturated carbocycles. The SMILES string of the molecule is CC(C)(C)OC(=O)N1CCCN(c2nc(N)nc(Cl)n2)CC1. The maximum atomic E-state index is 12.1. The molecule has 1 aliphatic heterocycles. The summed E-state index contributed by atoms with van der Waals surface area (Å²) in [5.41, 5.74) is 5.09. The zero-order chi connectivity index (χ0) is 16.3. The minimum Gasteiger partial charge on any atom is -0.444 e. The third kappa shape index (κ3) is 4.59. The fraction of sp³-hybridized carbons (Fsp3) is 0.692. The summed E-state index contributed by atoms with van der Waals surface area (Å²) in [7, 11) is 0. The zero-order valence-corrected chi connectivity index (χ0v) is 13.8. The predicted molar refractivity (Wildman–Crippen MR) is 83.9 cm³/mol. The van der Waals surface area contributed by atoms with Crippen LogP contribution in [0.5, 0.6) is 0 Å². The van der Waals surface area contributed by atoms with Crippen LogP contribution in [0.2, 0.25) is 5.28 Å². The molecule has 22 heavy (non-hydrogen) atoms. The zero-order valence-electron chi connectivity index (χ0n) is 13.0. The second-order valence-corrected chi connectivity index (χ2v) is 6.41. The van der Waals surface area contributed by atoms with Crippen LogP contribution in [0, 0.1) is 0 Å². The Balaban J connectivity index is 2.02. The summed E-state index contributed by atoms with van der Waals surface area (Å²) in [5, 5.41) is 0.0655. The molecule has 1 fully saturated rings. The Bertz CT molecular complexity index is 528. The largest absolute Gasteiger partial charge is 0.444 e. The monoisotopic (exact) mass is 328 g/mol. The normalized spacial score (nSPS) is 16.4. The van der Waals surface area contributed by atoms with Crippen LogP contribution in [-0.2, 0) is 4.74 Å². The summed E-state index contributed by atoms with van der Waals surface area (Å²) in [6, 6.07) is 0. The summed E-state index contributed by atoms with van der Waals surface area (Å²) in [4.78, 5) is 27.7. The number of amides is 1. The van der Waals surface area contributed by atoms with Crippen molar-refractivity contribution >= 4 is 29.6 Å². The van der Waals surface area contributed by atoms with E-state index in [-0.39, 0.29) is 17.3 Å². The van der Waals surface area contributed by atoms with Crippen LogP contribution in [0.1, 0.15) is 27.2 Å². The van der Waals surface area contributed by atoms with Gasteiger partial charge in [0.1, 0.15) is 5.60 Å². The van der Waals surface area contributed by atoms with E-state index >= 15 is 0 Å². The molecule has 1 saturated heterocycles. The smallest absolute Gasteiger partial charge is 0.410 e. The first-order valence-corrected chi connectivity index (χ1v) is 7.52. The molecule has 0 aromatic carbocycles. The molecule has 1 aliphatic rings. The summed E-state index contributed by atoms with van der Waals surface area (Å²) >= 11 is 5.81. The van der Waals surface area contributed by atoms with E-state index in [2.05, 4.69) is 15.0 Å². The molecule has 0 radical (unpaired) electrons. The van der Waals surface area contributed by atoms with Crippen molar-refractivity contribution in [3.8, 4) is 0 Å². The van der Waals surface area contributed by atoms with Gasteiger partial charge in [-0.2, -0.15) is 15.0 Å². The lowest BCUT2D eigenvalue weighted by atomic mass is 10.2. The van der Waals surface area contributed by atoms with Crippen molar-refractivity contribution in [1.82, 2.24) is 19.9 Å². The molecule has 1 aromatic rings. The molecule has 2 N–H and O–H groups in total. The van der Waals surface area contributed by atoms with Gasteiger partial charge in [-0.1, -0.05) is 0 Å². The van der Waals surface area contributed by atoms with Gasteiger partial charge in [0.2, 0.25) is 17.2 Å². The molecule has 0 spiro atoms. The molecule has 8 nitrogen and oxygen atoms in total. The van der Waals surface area contributed by atoms with Crippen LogP contribution < -0.4 is 10.6 Å². The van der Waals surface area contributed by atoms with Gasteiger partial charge in [0.15, 0.2) is 0 Å². The van der Waals surface area contributed by atoms with Crippen molar-refractivity contribution in [2.24, 2.45) is 0 Å². The molecule has 0 aliphatic carbocycles. The van der Waals surface area contributed by atoms with E-state index < -0.39 is 5.60 Å². The van der Waals surface area contributed by atoms with Gasteiger partial charge in [0, 0.05) is 26.2 Å². The number of hydrogen-bond acceptors (Lipinski definition) is 7. The third-order valence-electron chi connectivity index (χ3n) is 3.04. The van der Waals surface area contributed by atoms with E-state index in [4.69, 9.17) is 22.1 Å².